The standard InChI is InChI=1S/C16H14N4O3S/c1-9-4-5-10-12(7-9)24-16-13(10)15(18-8-19-16)23-11-3-2-6-17-14(11)20(21)22/h2-3,6,8-9H,4-5,7H2,1H3. The van der Waals surface area contributed by atoms with Gasteiger partial charge in [0.25, 0.3) is 0 Å². The van der Waals surface area contributed by atoms with Crippen molar-refractivity contribution in [2.45, 2.75) is 26.2 Å². The zero-order chi connectivity index (χ0) is 16.7. The second kappa shape index (κ2) is 5.79. The van der Waals surface area contributed by atoms with Crippen LogP contribution in [0.5, 0.6) is 11.6 Å². The van der Waals surface area contributed by atoms with E-state index in [0.29, 0.717) is 11.8 Å². The zero-order valence-corrected chi connectivity index (χ0v) is 13.7. The molecular formula is C16H14N4O3S. The highest BCUT2D eigenvalue weighted by Crippen LogP contribution is 2.42. The summed E-state index contributed by atoms with van der Waals surface area (Å²) in [5, 5.41) is 12.0. The Balaban J connectivity index is 1.82. The summed E-state index contributed by atoms with van der Waals surface area (Å²) in [6, 6.07) is 3.13. The Hall–Kier alpha value is -2.61. The Morgan fingerprint density at radius 1 is 1.38 bits per heavy atom. The summed E-state index contributed by atoms with van der Waals surface area (Å²) in [7, 11) is 0. The van der Waals surface area contributed by atoms with Crippen LogP contribution in [0.2, 0.25) is 0 Å². The van der Waals surface area contributed by atoms with Crippen LogP contribution in [0.3, 0.4) is 0 Å². The number of hydrogen-bond donors (Lipinski definition) is 0. The van der Waals surface area contributed by atoms with Gasteiger partial charge in [0.15, 0.2) is 0 Å². The van der Waals surface area contributed by atoms with E-state index in [0.717, 1.165) is 29.5 Å². The lowest BCUT2D eigenvalue weighted by atomic mass is 9.89. The predicted octanol–water partition coefficient (Wildman–Crippen LogP) is 3.91. The molecule has 1 unspecified atom stereocenters. The van der Waals surface area contributed by atoms with Gasteiger partial charge < -0.3 is 14.9 Å². The summed E-state index contributed by atoms with van der Waals surface area (Å²) in [6.07, 6.45) is 5.90. The lowest BCUT2D eigenvalue weighted by Gasteiger charge is -2.18. The molecule has 0 saturated carbocycles. The number of ether oxygens (including phenoxy) is 1. The van der Waals surface area contributed by atoms with Crippen LogP contribution in [0.4, 0.5) is 5.82 Å². The molecule has 3 aromatic heterocycles. The maximum atomic E-state index is 11.1. The van der Waals surface area contributed by atoms with E-state index in [1.54, 1.807) is 17.4 Å². The first-order valence-electron chi connectivity index (χ1n) is 7.66. The topological polar surface area (TPSA) is 91.0 Å². The zero-order valence-electron chi connectivity index (χ0n) is 12.9. The highest BCUT2D eigenvalue weighted by molar-refractivity contribution is 7.18. The van der Waals surface area contributed by atoms with Gasteiger partial charge in [0, 0.05) is 4.88 Å². The molecule has 0 radical (unpaired) electrons. The third-order valence-corrected chi connectivity index (χ3v) is 5.35. The highest BCUT2D eigenvalue weighted by atomic mass is 32.1. The smallest absolute Gasteiger partial charge is 0.406 e. The van der Waals surface area contributed by atoms with E-state index in [-0.39, 0.29) is 11.6 Å². The molecule has 0 aromatic carbocycles. The molecule has 0 fully saturated rings. The van der Waals surface area contributed by atoms with Crippen molar-refractivity contribution in [3.05, 3.63) is 45.2 Å². The molecule has 0 aliphatic heterocycles. The number of aryl methyl sites for hydroxylation is 1. The number of hydrogen-bond acceptors (Lipinski definition) is 7. The van der Waals surface area contributed by atoms with Crippen molar-refractivity contribution in [3.63, 3.8) is 0 Å². The van der Waals surface area contributed by atoms with E-state index in [1.807, 2.05) is 0 Å². The average Bonchev–Trinajstić information content (AvgIpc) is 2.93. The van der Waals surface area contributed by atoms with Crippen molar-refractivity contribution in [2.24, 2.45) is 5.92 Å². The van der Waals surface area contributed by atoms with Gasteiger partial charge in [-0.05, 0) is 52.8 Å². The molecule has 0 spiro atoms. The van der Waals surface area contributed by atoms with Crippen molar-refractivity contribution in [1.82, 2.24) is 15.0 Å². The molecule has 0 saturated heterocycles. The fourth-order valence-electron chi connectivity index (χ4n) is 3.03. The summed E-state index contributed by atoms with van der Waals surface area (Å²) in [6.45, 7) is 2.25. The molecule has 0 amide bonds. The van der Waals surface area contributed by atoms with E-state index in [9.17, 15) is 10.1 Å². The average molecular weight is 342 g/mol. The Morgan fingerprint density at radius 3 is 3.08 bits per heavy atom. The van der Waals surface area contributed by atoms with Crippen LogP contribution in [0.1, 0.15) is 23.8 Å². The second-order valence-corrected chi connectivity index (χ2v) is 6.98. The van der Waals surface area contributed by atoms with E-state index in [4.69, 9.17) is 4.74 Å². The van der Waals surface area contributed by atoms with Crippen molar-refractivity contribution in [3.8, 4) is 11.6 Å². The Bertz CT molecular complexity index is 940. The van der Waals surface area contributed by atoms with Gasteiger partial charge in [0.2, 0.25) is 11.6 Å². The number of thiophene rings is 1. The Morgan fingerprint density at radius 2 is 2.25 bits per heavy atom. The van der Waals surface area contributed by atoms with Gasteiger partial charge in [-0.2, -0.15) is 0 Å². The lowest BCUT2D eigenvalue weighted by Crippen LogP contribution is -2.08. The largest absolute Gasteiger partial charge is 0.429 e. The number of aromatic nitrogens is 3. The molecule has 24 heavy (non-hydrogen) atoms. The number of nitro groups is 1. The molecule has 1 aliphatic carbocycles. The third kappa shape index (κ3) is 2.48. The van der Waals surface area contributed by atoms with Crippen molar-refractivity contribution >= 4 is 27.4 Å². The second-order valence-electron chi connectivity index (χ2n) is 5.90. The summed E-state index contributed by atoms with van der Waals surface area (Å²) in [5.74, 6) is 0.791. The van der Waals surface area contributed by atoms with E-state index in [1.165, 1.54) is 29.0 Å². The van der Waals surface area contributed by atoms with Gasteiger partial charge in [0.05, 0.1) is 5.39 Å². The third-order valence-electron chi connectivity index (χ3n) is 4.19. The van der Waals surface area contributed by atoms with Gasteiger partial charge in [-0.25, -0.2) is 9.97 Å². The van der Waals surface area contributed by atoms with Gasteiger partial charge >= 0.3 is 5.82 Å². The minimum Gasteiger partial charge on any atom is -0.429 e. The van der Waals surface area contributed by atoms with E-state index >= 15 is 0 Å². The van der Waals surface area contributed by atoms with Crippen molar-refractivity contribution < 1.29 is 9.66 Å². The minimum absolute atomic E-state index is 0.0895. The molecule has 7 nitrogen and oxygen atoms in total. The minimum atomic E-state index is -0.557. The molecule has 0 N–H and O–H groups in total. The van der Waals surface area contributed by atoms with Crippen molar-refractivity contribution in [2.75, 3.05) is 0 Å². The quantitative estimate of drug-likeness (QED) is 0.529. The number of pyridine rings is 1. The molecule has 122 valence electrons. The fourth-order valence-corrected chi connectivity index (χ4v) is 4.37. The first kappa shape index (κ1) is 14.9. The van der Waals surface area contributed by atoms with Crippen LogP contribution in [-0.2, 0) is 12.8 Å². The van der Waals surface area contributed by atoms with Crippen LogP contribution in [0, 0.1) is 16.0 Å². The first-order valence-corrected chi connectivity index (χ1v) is 8.47. The van der Waals surface area contributed by atoms with Crippen LogP contribution in [0.15, 0.2) is 24.7 Å². The number of fused-ring (bicyclic) bond motifs is 3. The maximum Gasteiger partial charge on any atom is 0.406 e. The Kier molecular flexibility index (Phi) is 3.61. The highest BCUT2D eigenvalue weighted by Gasteiger charge is 2.25. The van der Waals surface area contributed by atoms with Crippen LogP contribution in [-0.4, -0.2) is 19.9 Å². The monoisotopic (exact) mass is 342 g/mol. The van der Waals surface area contributed by atoms with Gasteiger partial charge in [-0.15, -0.1) is 11.3 Å². The summed E-state index contributed by atoms with van der Waals surface area (Å²) in [4.78, 5) is 25.1. The fraction of sp³-hybridized carbons (Fsp3) is 0.312. The summed E-state index contributed by atoms with van der Waals surface area (Å²) >= 11 is 1.66. The van der Waals surface area contributed by atoms with Crippen LogP contribution in [0.25, 0.3) is 10.2 Å². The molecule has 3 heterocycles. The van der Waals surface area contributed by atoms with E-state index < -0.39 is 4.92 Å². The van der Waals surface area contributed by atoms with Crippen LogP contribution < -0.4 is 4.74 Å². The molecule has 4 rings (SSSR count). The molecule has 1 atom stereocenters. The van der Waals surface area contributed by atoms with Gasteiger partial charge in [-0.3, -0.25) is 0 Å². The number of nitrogens with zero attached hydrogens (tertiary/aromatic N) is 4. The number of rotatable bonds is 3. The normalized spacial score (nSPS) is 16.8. The first-order chi connectivity index (χ1) is 11.6. The lowest BCUT2D eigenvalue weighted by molar-refractivity contribution is -0.390. The molecular weight excluding hydrogens is 328 g/mol. The molecule has 8 heteroatoms. The summed E-state index contributed by atoms with van der Waals surface area (Å²) < 4.78 is 5.79. The maximum absolute atomic E-state index is 11.1. The van der Waals surface area contributed by atoms with E-state index in [2.05, 4.69) is 21.9 Å². The molecule has 0 bridgehead atoms. The van der Waals surface area contributed by atoms with Crippen LogP contribution >= 0.6 is 11.3 Å². The van der Waals surface area contributed by atoms with Crippen molar-refractivity contribution in [1.29, 1.82) is 0 Å². The molecule has 1 aliphatic rings. The van der Waals surface area contributed by atoms with Gasteiger partial charge in [-0.1, -0.05) is 6.92 Å². The SMILES string of the molecule is CC1CCc2c(sc3ncnc(Oc4cccnc4[N+](=O)[O-])c23)C1. The van der Waals surface area contributed by atoms with Gasteiger partial charge in [0.1, 0.15) is 17.4 Å². The predicted molar refractivity (Wildman–Crippen MR) is 89.6 cm³/mol. The summed E-state index contributed by atoms with van der Waals surface area (Å²) in [5.41, 5.74) is 1.22. The Labute approximate surface area is 141 Å². The molecule has 3 aromatic rings.